The molecular weight excluding hydrogens is 294 g/mol. The monoisotopic (exact) mass is 327 g/mol. The van der Waals surface area contributed by atoms with Gasteiger partial charge in [-0.3, -0.25) is 0 Å². The smallest absolute Gasteiger partial charge is 0.0382 e. The van der Waals surface area contributed by atoms with E-state index in [1.165, 1.54) is 69.7 Å². The lowest BCUT2D eigenvalue weighted by Gasteiger charge is -2.45. The standard InChI is InChI=1S/C21H33N3/c1-16-3-4-19-20(13-16)23-15-21(19)8-12-24(14-17(21)2)11-7-18-5-9-22-10-6-18/h3-4,13,17-18,22-23H,5-12,14-15H2,1-2H3/t17-,21+/m0/s1. The first-order chi connectivity index (χ1) is 11.7. The minimum Gasteiger partial charge on any atom is -0.384 e. The molecule has 0 saturated carbocycles. The number of likely N-dealkylation sites (tertiary alicyclic amines) is 1. The molecule has 0 aromatic heterocycles. The first-order valence-electron chi connectivity index (χ1n) is 9.95. The van der Waals surface area contributed by atoms with Crippen molar-refractivity contribution in [2.75, 3.05) is 44.6 Å². The minimum absolute atomic E-state index is 0.369. The molecule has 0 aliphatic carbocycles. The van der Waals surface area contributed by atoms with E-state index in [0.717, 1.165) is 18.4 Å². The molecular formula is C21H33N3. The van der Waals surface area contributed by atoms with Gasteiger partial charge in [-0.1, -0.05) is 19.1 Å². The third kappa shape index (κ3) is 2.97. The molecule has 24 heavy (non-hydrogen) atoms. The van der Waals surface area contributed by atoms with Gasteiger partial charge in [0, 0.05) is 24.2 Å². The van der Waals surface area contributed by atoms with E-state index in [2.05, 4.69) is 47.6 Å². The predicted molar refractivity (Wildman–Crippen MR) is 102 cm³/mol. The lowest BCUT2D eigenvalue weighted by atomic mass is 9.67. The molecule has 1 aromatic rings. The highest BCUT2D eigenvalue weighted by molar-refractivity contribution is 5.62. The molecule has 2 atom stereocenters. The van der Waals surface area contributed by atoms with Crippen molar-refractivity contribution in [3.8, 4) is 0 Å². The van der Waals surface area contributed by atoms with Crippen LogP contribution in [0.5, 0.6) is 0 Å². The van der Waals surface area contributed by atoms with E-state index >= 15 is 0 Å². The Morgan fingerprint density at radius 1 is 1.25 bits per heavy atom. The fourth-order valence-corrected chi connectivity index (χ4v) is 5.25. The van der Waals surface area contributed by atoms with Gasteiger partial charge in [-0.25, -0.2) is 0 Å². The number of benzene rings is 1. The van der Waals surface area contributed by atoms with Gasteiger partial charge in [0.2, 0.25) is 0 Å². The lowest BCUT2D eigenvalue weighted by molar-refractivity contribution is 0.104. The van der Waals surface area contributed by atoms with E-state index in [0.29, 0.717) is 5.41 Å². The van der Waals surface area contributed by atoms with Crippen molar-refractivity contribution < 1.29 is 0 Å². The van der Waals surface area contributed by atoms with Gasteiger partial charge in [0.05, 0.1) is 0 Å². The van der Waals surface area contributed by atoms with Crippen LogP contribution in [0.15, 0.2) is 18.2 Å². The largest absolute Gasteiger partial charge is 0.384 e. The number of anilines is 1. The maximum Gasteiger partial charge on any atom is 0.0382 e. The first-order valence-corrected chi connectivity index (χ1v) is 9.95. The van der Waals surface area contributed by atoms with E-state index in [9.17, 15) is 0 Å². The van der Waals surface area contributed by atoms with Crippen LogP contribution in [0.3, 0.4) is 0 Å². The quantitative estimate of drug-likeness (QED) is 0.891. The Bertz CT molecular complexity index is 578. The number of nitrogens with one attached hydrogen (secondary N) is 2. The van der Waals surface area contributed by atoms with Gasteiger partial charge in [-0.05, 0) is 87.8 Å². The van der Waals surface area contributed by atoms with Crippen molar-refractivity contribution in [1.82, 2.24) is 10.2 Å². The van der Waals surface area contributed by atoms with Crippen LogP contribution in [0.1, 0.15) is 43.7 Å². The van der Waals surface area contributed by atoms with E-state index in [4.69, 9.17) is 0 Å². The summed E-state index contributed by atoms with van der Waals surface area (Å²) in [6.07, 6.45) is 5.47. The summed E-state index contributed by atoms with van der Waals surface area (Å²) >= 11 is 0. The Labute approximate surface area is 147 Å². The van der Waals surface area contributed by atoms with Crippen molar-refractivity contribution in [3.63, 3.8) is 0 Å². The second-order valence-corrected chi connectivity index (χ2v) is 8.49. The molecule has 0 unspecified atom stereocenters. The molecule has 0 bridgehead atoms. The number of fused-ring (bicyclic) bond motifs is 2. The van der Waals surface area contributed by atoms with Crippen molar-refractivity contribution in [1.29, 1.82) is 0 Å². The Balaban J connectivity index is 1.39. The predicted octanol–water partition coefficient (Wildman–Crippen LogP) is 3.39. The molecule has 132 valence electrons. The molecule has 3 aliphatic heterocycles. The summed E-state index contributed by atoms with van der Waals surface area (Å²) in [5.41, 5.74) is 4.71. The Morgan fingerprint density at radius 3 is 2.88 bits per heavy atom. The van der Waals surface area contributed by atoms with Crippen molar-refractivity contribution >= 4 is 5.69 Å². The van der Waals surface area contributed by atoms with Gasteiger partial charge in [0.15, 0.2) is 0 Å². The van der Waals surface area contributed by atoms with Gasteiger partial charge in [-0.15, -0.1) is 0 Å². The SMILES string of the molecule is Cc1ccc2c(c1)NC[C@@]21CCN(CCC2CCNCC2)C[C@@H]1C. The summed E-state index contributed by atoms with van der Waals surface area (Å²) in [5, 5.41) is 7.19. The Morgan fingerprint density at radius 2 is 2.08 bits per heavy atom. The van der Waals surface area contributed by atoms with Crippen molar-refractivity contribution in [2.45, 2.75) is 44.9 Å². The number of hydrogen-bond donors (Lipinski definition) is 2. The van der Waals surface area contributed by atoms with Gasteiger partial charge < -0.3 is 15.5 Å². The van der Waals surface area contributed by atoms with Crippen molar-refractivity contribution in [2.24, 2.45) is 11.8 Å². The highest BCUT2D eigenvalue weighted by Crippen LogP contribution is 2.47. The Hall–Kier alpha value is -1.06. The number of aryl methyl sites for hydroxylation is 1. The molecule has 3 aliphatic rings. The average molecular weight is 328 g/mol. The fraction of sp³-hybridized carbons (Fsp3) is 0.714. The second-order valence-electron chi connectivity index (χ2n) is 8.49. The van der Waals surface area contributed by atoms with Crippen LogP contribution in [0.25, 0.3) is 0 Å². The number of piperidine rings is 2. The molecule has 1 spiro atoms. The first kappa shape index (κ1) is 16.4. The maximum atomic E-state index is 3.70. The minimum atomic E-state index is 0.369. The third-order valence-electron chi connectivity index (χ3n) is 6.97. The Kier molecular flexibility index (Phi) is 4.57. The molecule has 0 amide bonds. The van der Waals surface area contributed by atoms with Crippen LogP contribution in [0.2, 0.25) is 0 Å². The third-order valence-corrected chi connectivity index (χ3v) is 6.97. The summed E-state index contributed by atoms with van der Waals surface area (Å²) in [6.45, 7) is 12.1. The molecule has 2 N–H and O–H groups in total. The van der Waals surface area contributed by atoms with Crippen LogP contribution < -0.4 is 10.6 Å². The molecule has 3 heterocycles. The molecule has 2 fully saturated rings. The zero-order chi connectivity index (χ0) is 16.6. The summed E-state index contributed by atoms with van der Waals surface area (Å²) in [5.74, 6) is 1.69. The normalized spacial score (nSPS) is 31.2. The summed E-state index contributed by atoms with van der Waals surface area (Å²) in [7, 11) is 0. The number of nitrogens with zero attached hydrogens (tertiary/aromatic N) is 1. The zero-order valence-corrected chi connectivity index (χ0v) is 15.4. The second kappa shape index (κ2) is 6.68. The highest BCUT2D eigenvalue weighted by Gasteiger charge is 2.46. The molecule has 4 rings (SSSR count). The number of hydrogen-bond acceptors (Lipinski definition) is 3. The molecule has 2 saturated heterocycles. The highest BCUT2D eigenvalue weighted by atomic mass is 15.1. The van der Waals surface area contributed by atoms with Gasteiger partial charge >= 0.3 is 0 Å². The molecule has 3 nitrogen and oxygen atoms in total. The van der Waals surface area contributed by atoms with Crippen LogP contribution in [-0.4, -0.2) is 44.2 Å². The summed E-state index contributed by atoms with van der Waals surface area (Å²) in [6, 6.07) is 7.02. The average Bonchev–Trinajstić information content (AvgIpc) is 2.96. The van der Waals surface area contributed by atoms with Crippen LogP contribution in [0, 0.1) is 18.8 Å². The maximum absolute atomic E-state index is 3.70. The topological polar surface area (TPSA) is 27.3 Å². The lowest BCUT2D eigenvalue weighted by Crippen LogP contribution is -2.50. The van der Waals surface area contributed by atoms with Gasteiger partial charge in [0.25, 0.3) is 0 Å². The van der Waals surface area contributed by atoms with Crippen molar-refractivity contribution in [3.05, 3.63) is 29.3 Å². The van der Waals surface area contributed by atoms with E-state index in [-0.39, 0.29) is 0 Å². The van der Waals surface area contributed by atoms with E-state index in [1.54, 1.807) is 5.56 Å². The fourth-order valence-electron chi connectivity index (χ4n) is 5.25. The zero-order valence-electron chi connectivity index (χ0n) is 15.4. The number of rotatable bonds is 3. The molecule has 1 aromatic carbocycles. The van der Waals surface area contributed by atoms with Gasteiger partial charge in [-0.2, -0.15) is 0 Å². The summed E-state index contributed by atoms with van der Waals surface area (Å²) in [4.78, 5) is 2.74. The van der Waals surface area contributed by atoms with Crippen LogP contribution in [-0.2, 0) is 5.41 Å². The molecule has 0 radical (unpaired) electrons. The van der Waals surface area contributed by atoms with Crippen LogP contribution >= 0.6 is 0 Å². The molecule has 3 heteroatoms. The summed E-state index contributed by atoms with van der Waals surface area (Å²) < 4.78 is 0. The van der Waals surface area contributed by atoms with E-state index in [1.807, 2.05) is 0 Å². The van der Waals surface area contributed by atoms with Gasteiger partial charge in [0.1, 0.15) is 0 Å². The van der Waals surface area contributed by atoms with E-state index < -0.39 is 0 Å². The van der Waals surface area contributed by atoms with Crippen LogP contribution in [0.4, 0.5) is 5.69 Å².